The van der Waals surface area contributed by atoms with Crippen molar-refractivity contribution in [1.82, 2.24) is 4.72 Å². The molecule has 2 atom stereocenters. The lowest BCUT2D eigenvalue weighted by atomic mass is 9.47. The van der Waals surface area contributed by atoms with Crippen molar-refractivity contribution in [2.45, 2.75) is 101 Å². The zero-order valence-corrected chi connectivity index (χ0v) is 24.6. The molecular formula is C33H41NO3S. The van der Waals surface area contributed by atoms with E-state index in [2.05, 4.69) is 89.6 Å². The lowest BCUT2D eigenvalue weighted by Gasteiger charge is -2.59. The Hall–Kier alpha value is -2.47. The standard InChI is InChI=1S/C33H41NO3S/c1-19(2)22-17-23(20(3)4)29(24(18-22)21(5)6)38(36,37)34-30-31(35)33(8)27-15-11-9-13-25(27)32(30,7)26-14-10-12-16-28(26)33/h9-21,30-31,34-35H,1-8H3/t30-,31+,32?,33?/m0/s1. The Bertz CT molecular complexity index is 1430. The van der Waals surface area contributed by atoms with E-state index >= 15 is 0 Å². The summed E-state index contributed by atoms with van der Waals surface area (Å²) in [5.74, 6) is 0.345. The fraction of sp³-hybridized carbons (Fsp3) is 0.455. The summed E-state index contributed by atoms with van der Waals surface area (Å²) in [5, 5.41) is 12.0. The normalized spacial score (nSPS) is 26.2. The number of aliphatic hydroxyl groups is 1. The number of sulfonamides is 1. The molecule has 3 aliphatic carbocycles. The molecule has 38 heavy (non-hydrogen) atoms. The van der Waals surface area contributed by atoms with Gasteiger partial charge in [-0.3, -0.25) is 0 Å². The summed E-state index contributed by atoms with van der Waals surface area (Å²) < 4.78 is 32.1. The highest BCUT2D eigenvalue weighted by molar-refractivity contribution is 7.89. The fourth-order valence-electron chi connectivity index (χ4n) is 6.98. The first kappa shape index (κ1) is 27.1. The van der Waals surface area contributed by atoms with Crippen molar-refractivity contribution in [3.63, 3.8) is 0 Å². The number of rotatable bonds is 6. The third kappa shape index (κ3) is 3.65. The highest BCUT2D eigenvalue weighted by Gasteiger charge is 2.62. The van der Waals surface area contributed by atoms with E-state index in [1.165, 1.54) is 0 Å². The first-order valence-electron chi connectivity index (χ1n) is 13.8. The molecular weight excluding hydrogens is 490 g/mol. The molecule has 0 aliphatic heterocycles. The number of hydrogen-bond acceptors (Lipinski definition) is 3. The Labute approximate surface area is 228 Å². The van der Waals surface area contributed by atoms with Crippen molar-refractivity contribution in [3.05, 3.63) is 99.6 Å². The van der Waals surface area contributed by atoms with E-state index in [-0.39, 0.29) is 17.8 Å². The number of aliphatic hydroxyl groups excluding tert-OH is 1. The highest BCUT2D eigenvalue weighted by Crippen LogP contribution is 2.59. The van der Waals surface area contributed by atoms with Crippen LogP contribution >= 0.6 is 0 Å². The molecule has 0 saturated heterocycles. The van der Waals surface area contributed by atoms with Crippen LogP contribution in [0.5, 0.6) is 0 Å². The van der Waals surface area contributed by atoms with Gasteiger partial charge >= 0.3 is 0 Å². The maximum absolute atomic E-state index is 14.5. The molecule has 3 aliphatic rings. The van der Waals surface area contributed by atoms with Gasteiger partial charge in [0.15, 0.2) is 0 Å². The summed E-state index contributed by atoms with van der Waals surface area (Å²) in [7, 11) is -3.99. The number of hydrogen-bond donors (Lipinski definition) is 2. The summed E-state index contributed by atoms with van der Waals surface area (Å²) in [6.07, 6.45) is -0.938. The Morgan fingerprint density at radius 3 is 1.47 bits per heavy atom. The van der Waals surface area contributed by atoms with Crippen LogP contribution < -0.4 is 4.72 Å². The van der Waals surface area contributed by atoms with E-state index in [1.54, 1.807) is 0 Å². The maximum atomic E-state index is 14.5. The van der Waals surface area contributed by atoms with Gasteiger partial charge in [-0.15, -0.1) is 0 Å². The third-order valence-corrected chi connectivity index (χ3v) is 10.8. The van der Waals surface area contributed by atoms with Crippen molar-refractivity contribution in [2.75, 3.05) is 0 Å². The molecule has 3 aromatic rings. The second-order valence-electron chi connectivity index (χ2n) is 12.5. The molecule has 0 spiro atoms. The number of nitrogens with one attached hydrogen (secondary N) is 1. The Kier molecular flexibility index (Phi) is 6.45. The van der Waals surface area contributed by atoms with Crippen molar-refractivity contribution >= 4 is 10.0 Å². The minimum absolute atomic E-state index is 0.0278. The molecule has 0 heterocycles. The summed E-state index contributed by atoms with van der Waals surface area (Å²) in [4.78, 5) is 0.371. The predicted molar refractivity (Wildman–Crippen MR) is 155 cm³/mol. The topological polar surface area (TPSA) is 66.4 Å². The largest absolute Gasteiger partial charge is 0.390 e. The second kappa shape index (κ2) is 9.04. The van der Waals surface area contributed by atoms with Gasteiger partial charge in [-0.05, 0) is 70.5 Å². The summed E-state index contributed by atoms with van der Waals surface area (Å²) in [6, 6.07) is 19.8. The van der Waals surface area contributed by atoms with Crippen LogP contribution in [0.1, 0.15) is 112 Å². The highest BCUT2D eigenvalue weighted by atomic mass is 32.2. The molecule has 202 valence electrons. The van der Waals surface area contributed by atoms with Gasteiger partial charge in [0.1, 0.15) is 0 Å². The number of fused-ring (bicyclic) bond motifs is 1. The van der Waals surface area contributed by atoms with Gasteiger partial charge < -0.3 is 5.11 Å². The Morgan fingerprint density at radius 1 is 0.711 bits per heavy atom. The molecule has 0 radical (unpaired) electrons. The molecule has 0 amide bonds. The molecule has 0 unspecified atom stereocenters. The van der Waals surface area contributed by atoms with E-state index in [1.807, 2.05) is 31.2 Å². The maximum Gasteiger partial charge on any atom is 0.241 e. The van der Waals surface area contributed by atoms with E-state index in [9.17, 15) is 13.5 Å². The molecule has 0 fully saturated rings. The van der Waals surface area contributed by atoms with Crippen LogP contribution in [0, 0.1) is 0 Å². The van der Waals surface area contributed by atoms with Crippen molar-refractivity contribution in [3.8, 4) is 0 Å². The first-order chi connectivity index (χ1) is 17.8. The zero-order valence-electron chi connectivity index (χ0n) is 23.8. The van der Waals surface area contributed by atoms with Gasteiger partial charge in [0.2, 0.25) is 10.0 Å². The first-order valence-corrected chi connectivity index (χ1v) is 15.3. The van der Waals surface area contributed by atoms with Crippen LogP contribution in [0.25, 0.3) is 0 Å². The van der Waals surface area contributed by atoms with Crippen LogP contribution in [0.4, 0.5) is 0 Å². The molecule has 6 rings (SSSR count). The lowest BCUT2D eigenvalue weighted by molar-refractivity contribution is 0.0302. The minimum atomic E-state index is -3.99. The van der Waals surface area contributed by atoms with E-state index < -0.39 is 33.0 Å². The molecule has 3 aromatic carbocycles. The Morgan fingerprint density at radius 2 is 1.11 bits per heavy atom. The quantitative estimate of drug-likeness (QED) is 0.372. The van der Waals surface area contributed by atoms with Gasteiger partial charge in [0, 0.05) is 10.8 Å². The second-order valence-corrected chi connectivity index (χ2v) is 14.2. The van der Waals surface area contributed by atoms with Crippen LogP contribution in [-0.2, 0) is 20.9 Å². The summed E-state index contributed by atoms with van der Waals surface area (Å²) in [5.41, 5.74) is 5.63. The SMILES string of the molecule is CC(C)c1cc(C(C)C)c(S(=O)(=O)N[C@H]2[C@@H](O)C3(C)c4ccccc4C2(C)c2ccccc23)c(C(C)C)c1. The monoisotopic (exact) mass is 531 g/mol. The predicted octanol–water partition coefficient (Wildman–Crippen LogP) is 6.70. The van der Waals surface area contributed by atoms with Crippen molar-refractivity contribution in [2.24, 2.45) is 0 Å². The zero-order chi connectivity index (χ0) is 27.8. The van der Waals surface area contributed by atoms with Gasteiger partial charge in [-0.1, -0.05) is 102 Å². The average molecular weight is 532 g/mol. The smallest absolute Gasteiger partial charge is 0.241 e. The van der Waals surface area contributed by atoms with E-state index in [0.29, 0.717) is 4.90 Å². The summed E-state index contributed by atoms with van der Waals surface area (Å²) >= 11 is 0. The Balaban J connectivity index is 1.73. The molecule has 0 saturated carbocycles. The molecule has 0 aromatic heterocycles. The summed E-state index contributed by atoms with van der Waals surface area (Å²) in [6.45, 7) is 16.6. The van der Waals surface area contributed by atoms with Gasteiger partial charge in [-0.25, -0.2) is 13.1 Å². The van der Waals surface area contributed by atoms with Crippen molar-refractivity contribution in [1.29, 1.82) is 0 Å². The van der Waals surface area contributed by atoms with Crippen LogP contribution in [0.2, 0.25) is 0 Å². The van der Waals surface area contributed by atoms with Gasteiger partial charge in [0.05, 0.1) is 17.0 Å². The third-order valence-electron chi connectivity index (χ3n) is 9.25. The lowest BCUT2D eigenvalue weighted by Crippen LogP contribution is -2.69. The minimum Gasteiger partial charge on any atom is -0.390 e. The molecule has 2 bridgehead atoms. The molecule has 4 nitrogen and oxygen atoms in total. The van der Waals surface area contributed by atoms with Crippen molar-refractivity contribution < 1.29 is 13.5 Å². The van der Waals surface area contributed by atoms with Gasteiger partial charge in [-0.2, -0.15) is 0 Å². The molecule has 2 N–H and O–H groups in total. The molecule has 5 heteroatoms. The van der Waals surface area contributed by atoms with E-state index in [4.69, 9.17) is 0 Å². The fourth-order valence-corrected chi connectivity index (χ4v) is 9.01. The van der Waals surface area contributed by atoms with Gasteiger partial charge in [0.25, 0.3) is 0 Å². The average Bonchev–Trinajstić information content (AvgIpc) is 2.88. The van der Waals surface area contributed by atoms with Crippen LogP contribution in [-0.4, -0.2) is 25.7 Å². The van der Waals surface area contributed by atoms with Crippen LogP contribution in [0.15, 0.2) is 65.6 Å². The van der Waals surface area contributed by atoms with Crippen LogP contribution in [0.3, 0.4) is 0 Å². The number of benzene rings is 3. The van der Waals surface area contributed by atoms with E-state index in [0.717, 1.165) is 38.9 Å².